The Morgan fingerprint density at radius 1 is 1.04 bits per heavy atom. The second kappa shape index (κ2) is 7.08. The molecule has 124 valence electrons. The van der Waals surface area contributed by atoms with Crippen LogP contribution in [0, 0.1) is 10.1 Å². The molecule has 0 heterocycles. The zero-order valence-corrected chi connectivity index (χ0v) is 13.9. The van der Waals surface area contributed by atoms with E-state index in [1.165, 1.54) is 18.2 Å². The Hall–Kier alpha value is -2.95. The molecule has 24 heavy (non-hydrogen) atoms. The first kappa shape index (κ1) is 17.4. The van der Waals surface area contributed by atoms with Crippen LogP contribution in [0.4, 0.5) is 5.69 Å². The molecule has 0 bridgehead atoms. The molecule has 5 heteroatoms. The lowest BCUT2D eigenvalue weighted by atomic mass is 9.97. The Bertz CT molecular complexity index is 773. The Kier molecular flexibility index (Phi) is 5.14. The molecular weight excluding hydrogens is 306 g/mol. The van der Waals surface area contributed by atoms with Crippen molar-refractivity contribution < 1.29 is 14.5 Å². The van der Waals surface area contributed by atoms with Crippen molar-refractivity contribution >= 4 is 17.2 Å². The predicted molar refractivity (Wildman–Crippen MR) is 92.5 cm³/mol. The van der Waals surface area contributed by atoms with E-state index in [0.29, 0.717) is 11.1 Å². The summed E-state index contributed by atoms with van der Waals surface area (Å²) in [6, 6.07) is 15.4. The minimum absolute atomic E-state index is 0.0291. The minimum atomic E-state index is -0.613. The van der Waals surface area contributed by atoms with Crippen LogP contribution in [0.2, 0.25) is 0 Å². The summed E-state index contributed by atoms with van der Waals surface area (Å²) in [5.74, 6) is -0.493. The molecular formula is C19H19NO4. The summed E-state index contributed by atoms with van der Waals surface area (Å²) in [6.07, 6.45) is 1.37. The number of hydrogen-bond donors (Lipinski definition) is 0. The topological polar surface area (TPSA) is 69.4 Å². The van der Waals surface area contributed by atoms with Crippen LogP contribution in [0.5, 0.6) is 0 Å². The molecule has 0 N–H and O–H groups in total. The number of nitro groups is 1. The van der Waals surface area contributed by atoms with Gasteiger partial charge >= 0.3 is 5.97 Å². The Balaban J connectivity index is 2.50. The number of hydrogen-bond acceptors (Lipinski definition) is 4. The number of carbonyl (C=O) groups is 1. The average molecular weight is 325 g/mol. The van der Waals surface area contributed by atoms with Gasteiger partial charge in [0.25, 0.3) is 5.69 Å². The maximum absolute atomic E-state index is 12.2. The summed E-state index contributed by atoms with van der Waals surface area (Å²) in [4.78, 5) is 22.8. The van der Waals surface area contributed by atoms with Gasteiger partial charge in [0, 0.05) is 18.2 Å². The first-order valence-corrected chi connectivity index (χ1v) is 7.51. The molecule has 0 radical (unpaired) electrons. The molecule has 2 aromatic rings. The lowest BCUT2D eigenvalue weighted by molar-refractivity contribution is -0.384. The van der Waals surface area contributed by atoms with Gasteiger partial charge in [-0.3, -0.25) is 10.1 Å². The monoisotopic (exact) mass is 325 g/mol. The molecule has 2 aromatic carbocycles. The second-order valence-electron chi connectivity index (χ2n) is 6.26. The van der Waals surface area contributed by atoms with Gasteiger partial charge in [-0.05, 0) is 37.5 Å². The summed E-state index contributed by atoms with van der Waals surface area (Å²) in [5, 5.41) is 11.0. The Morgan fingerprint density at radius 2 is 1.67 bits per heavy atom. The predicted octanol–water partition coefficient (Wildman–Crippen LogP) is 4.37. The van der Waals surface area contributed by atoms with E-state index in [1.54, 1.807) is 32.9 Å². The quantitative estimate of drug-likeness (QED) is 0.362. The molecule has 0 aliphatic heterocycles. The number of esters is 1. The summed E-state index contributed by atoms with van der Waals surface area (Å²) in [7, 11) is 0. The van der Waals surface area contributed by atoms with E-state index in [1.807, 2.05) is 30.3 Å². The molecule has 0 unspecified atom stereocenters. The van der Waals surface area contributed by atoms with E-state index in [9.17, 15) is 14.9 Å². The van der Waals surface area contributed by atoms with Crippen molar-refractivity contribution in [3.63, 3.8) is 0 Å². The van der Waals surface area contributed by atoms with Crippen molar-refractivity contribution in [1.29, 1.82) is 0 Å². The van der Waals surface area contributed by atoms with Crippen LogP contribution in [0.15, 0.2) is 60.7 Å². The molecule has 0 saturated carbocycles. The van der Waals surface area contributed by atoms with Gasteiger partial charge in [0.05, 0.1) is 4.92 Å². The van der Waals surface area contributed by atoms with Crippen molar-refractivity contribution in [1.82, 2.24) is 0 Å². The molecule has 0 spiro atoms. The van der Waals surface area contributed by atoms with Gasteiger partial charge in [0.15, 0.2) is 0 Å². The lowest BCUT2D eigenvalue weighted by Crippen LogP contribution is -2.22. The zero-order chi connectivity index (χ0) is 17.7. The van der Waals surface area contributed by atoms with Gasteiger partial charge < -0.3 is 4.74 Å². The van der Waals surface area contributed by atoms with Gasteiger partial charge in [-0.25, -0.2) is 4.79 Å². The third kappa shape index (κ3) is 4.78. The van der Waals surface area contributed by atoms with Crippen LogP contribution in [-0.2, 0) is 9.53 Å². The second-order valence-corrected chi connectivity index (χ2v) is 6.26. The molecule has 0 amide bonds. The van der Waals surface area contributed by atoms with Crippen LogP contribution < -0.4 is 0 Å². The molecule has 0 saturated heterocycles. The fraction of sp³-hybridized carbons (Fsp3) is 0.211. The van der Waals surface area contributed by atoms with Crippen molar-refractivity contribution in [2.24, 2.45) is 0 Å². The maximum atomic E-state index is 12.2. The van der Waals surface area contributed by atoms with Crippen molar-refractivity contribution in [3.05, 3.63) is 81.9 Å². The van der Waals surface area contributed by atoms with E-state index in [0.717, 1.165) is 5.56 Å². The van der Waals surface area contributed by atoms with Crippen LogP contribution in [0.25, 0.3) is 5.57 Å². The highest BCUT2D eigenvalue weighted by Gasteiger charge is 2.17. The highest BCUT2D eigenvalue weighted by Crippen LogP contribution is 2.26. The molecule has 0 aliphatic rings. The first-order chi connectivity index (χ1) is 11.3. The number of benzene rings is 2. The lowest BCUT2D eigenvalue weighted by Gasteiger charge is -2.18. The highest BCUT2D eigenvalue weighted by molar-refractivity contribution is 5.96. The molecule has 0 aliphatic carbocycles. The van der Waals surface area contributed by atoms with Gasteiger partial charge in [-0.1, -0.05) is 42.5 Å². The Morgan fingerprint density at radius 3 is 2.25 bits per heavy atom. The number of ether oxygens (including phenoxy) is 1. The van der Waals surface area contributed by atoms with Crippen molar-refractivity contribution in [2.45, 2.75) is 26.4 Å². The average Bonchev–Trinajstić information content (AvgIpc) is 2.52. The van der Waals surface area contributed by atoms with Crippen molar-refractivity contribution in [3.8, 4) is 0 Å². The van der Waals surface area contributed by atoms with Crippen LogP contribution in [-0.4, -0.2) is 16.5 Å². The number of carbonyl (C=O) groups excluding carboxylic acids is 1. The van der Waals surface area contributed by atoms with E-state index in [2.05, 4.69) is 0 Å². The summed E-state index contributed by atoms with van der Waals surface area (Å²) in [6.45, 7) is 5.36. The number of rotatable bonds is 4. The van der Waals surface area contributed by atoms with Crippen LogP contribution in [0.3, 0.4) is 0 Å². The third-order valence-corrected chi connectivity index (χ3v) is 3.12. The van der Waals surface area contributed by atoms with Crippen LogP contribution in [0.1, 0.15) is 31.9 Å². The number of non-ortho nitro benzene ring substituents is 1. The van der Waals surface area contributed by atoms with E-state index < -0.39 is 16.5 Å². The standard InChI is InChI=1S/C19H19NO4/c1-19(2,3)24-18(21)13-17(14-8-5-4-6-9-14)15-10-7-11-16(12-15)20(22)23/h4-13H,1-3H3/b17-13+. The van der Waals surface area contributed by atoms with Crippen molar-refractivity contribution in [2.75, 3.05) is 0 Å². The van der Waals surface area contributed by atoms with E-state index in [4.69, 9.17) is 4.74 Å². The van der Waals surface area contributed by atoms with Crippen LogP contribution >= 0.6 is 0 Å². The normalized spacial score (nSPS) is 11.9. The van der Waals surface area contributed by atoms with Gasteiger partial charge in [-0.2, -0.15) is 0 Å². The summed E-state index contributed by atoms with van der Waals surface area (Å²) < 4.78 is 5.34. The molecule has 0 fully saturated rings. The summed E-state index contributed by atoms with van der Waals surface area (Å²) in [5.41, 5.74) is 1.30. The fourth-order valence-corrected chi connectivity index (χ4v) is 2.19. The minimum Gasteiger partial charge on any atom is -0.457 e. The third-order valence-electron chi connectivity index (χ3n) is 3.12. The van der Waals surface area contributed by atoms with Gasteiger partial charge in [0.1, 0.15) is 5.60 Å². The fourth-order valence-electron chi connectivity index (χ4n) is 2.19. The zero-order valence-electron chi connectivity index (χ0n) is 13.9. The molecule has 0 aromatic heterocycles. The molecule has 5 nitrogen and oxygen atoms in total. The maximum Gasteiger partial charge on any atom is 0.331 e. The summed E-state index contributed by atoms with van der Waals surface area (Å²) >= 11 is 0. The van der Waals surface area contributed by atoms with Gasteiger partial charge in [0.2, 0.25) is 0 Å². The largest absolute Gasteiger partial charge is 0.457 e. The smallest absolute Gasteiger partial charge is 0.331 e. The number of nitro benzene ring substituents is 1. The highest BCUT2D eigenvalue weighted by atomic mass is 16.6. The van der Waals surface area contributed by atoms with E-state index in [-0.39, 0.29) is 5.69 Å². The first-order valence-electron chi connectivity index (χ1n) is 7.51. The van der Waals surface area contributed by atoms with Gasteiger partial charge in [-0.15, -0.1) is 0 Å². The SMILES string of the molecule is CC(C)(C)OC(=O)/C=C(\c1ccccc1)c1cccc([N+](=O)[O-])c1. The molecule has 2 rings (SSSR count). The Labute approximate surface area is 140 Å². The number of nitrogens with zero attached hydrogens (tertiary/aromatic N) is 1. The molecule has 0 atom stereocenters. The van der Waals surface area contributed by atoms with E-state index >= 15 is 0 Å².